The third-order valence-electron chi connectivity index (χ3n) is 5.39. The van der Waals surface area contributed by atoms with Crippen molar-refractivity contribution in [2.45, 2.75) is 12.0 Å². The molecule has 1 amide bonds. The van der Waals surface area contributed by atoms with E-state index in [1.165, 1.54) is 18.3 Å². The van der Waals surface area contributed by atoms with Gasteiger partial charge in [0.2, 0.25) is 0 Å². The molecular formula is C26H20N2O4. The molecule has 0 fully saturated rings. The van der Waals surface area contributed by atoms with Crippen LogP contribution in [0.2, 0.25) is 0 Å². The van der Waals surface area contributed by atoms with Gasteiger partial charge in [-0.15, -0.1) is 0 Å². The summed E-state index contributed by atoms with van der Waals surface area (Å²) in [6.07, 6.45) is 6.34. The molecule has 0 saturated heterocycles. The SMILES string of the molecule is COC(=O)/C(=C/c1ccccc1)CC1(C#N)c2ccccc2C=CN1C(=O)c1ccco1. The molecular weight excluding hydrogens is 404 g/mol. The predicted octanol–water partition coefficient (Wildman–Crippen LogP) is 4.77. The van der Waals surface area contributed by atoms with E-state index in [4.69, 9.17) is 9.15 Å². The first-order chi connectivity index (χ1) is 15.6. The predicted molar refractivity (Wildman–Crippen MR) is 119 cm³/mol. The molecule has 1 unspecified atom stereocenters. The molecule has 6 nitrogen and oxygen atoms in total. The average Bonchev–Trinajstić information content (AvgIpc) is 3.38. The van der Waals surface area contributed by atoms with Crippen LogP contribution in [0.1, 0.15) is 33.7 Å². The maximum atomic E-state index is 13.3. The lowest BCUT2D eigenvalue weighted by molar-refractivity contribution is -0.136. The molecule has 6 heteroatoms. The molecule has 1 aliphatic heterocycles. The summed E-state index contributed by atoms with van der Waals surface area (Å²) in [5.74, 6) is -0.951. The van der Waals surface area contributed by atoms with Crippen molar-refractivity contribution >= 4 is 24.0 Å². The number of amides is 1. The standard InChI is InChI=1S/C26H20N2O4/c1-31-25(30)21(16-19-8-3-2-4-9-19)17-26(18-27)22-11-6-5-10-20(22)13-14-28(26)24(29)23-12-7-15-32-23/h2-16H,17H2,1H3/b21-16+. The fraction of sp³-hybridized carbons (Fsp3) is 0.115. The molecule has 0 bridgehead atoms. The molecule has 2 heterocycles. The molecule has 1 aromatic heterocycles. The Balaban J connectivity index is 1.87. The summed E-state index contributed by atoms with van der Waals surface area (Å²) >= 11 is 0. The van der Waals surface area contributed by atoms with Gasteiger partial charge in [-0.1, -0.05) is 54.6 Å². The van der Waals surface area contributed by atoms with Gasteiger partial charge >= 0.3 is 5.97 Å². The third-order valence-corrected chi connectivity index (χ3v) is 5.39. The minimum Gasteiger partial charge on any atom is -0.466 e. The Morgan fingerprint density at radius 3 is 2.53 bits per heavy atom. The molecule has 0 spiro atoms. The van der Waals surface area contributed by atoms with Gasteiger partial charge in [0.25, 0.3) is 5.91 Å². The number of carbonyl (C=O) groups excluding carboxylic acids is 2. The Labute approximate surface area is 185 Å². The fourth-order valence-electron chi connectivity index (χ4n) is 3.86. The Morgan fingerprint density at radius 1 is 1.09 bits per heavy atom. The highest BCUT2D eigenvalue weighted by Gasteiger charge is 2.46. The smallest absolute Gasteiger partial charge is 0.333 e. The highest BCUT2D eigenvalue weighted by molar-refractivity contribution is 5.96. The number of hydrogen-bond acceptors (Lipinski definition) is 5. The average molecular weight is 424 g/mol. The van der Waals surface area contributed by atoms with E-state index in [0.717, 1.165) is 11.1 Å². The van der Waals surface area contributed by atoms with Crippen molar-refractivity contribution in [3.63, 3.8) is 0 Å². The van der Waals surface area contributed by atoms with Crippen molar-refractivity contribution in [3.05, 3.63) is 107 Å². The number of nitriles is 1. The fourth-order valence-corrected chi connectivity index (χ4v) is 3.86. The minimum atomic E-state index is -1.48. The normalized spacial score (nSPS) is 17.4. The van der Waals surface area contributed by atoms with Gasteiger partial charge in [-0.25, -0.2) is 4.79 Å². The van der Waals surface area contributed by atoms with Crippen LogP contribution in [0.15, 0.2) is 89.2 Å². The van der Waals surface area contributed by atoms with Crippen LogP contribution in [-0.2, 0) is 15.1 Å². The highest BCUT2D eigenvalue weighted by atomic mass is 16.5. The lowest BCUT2D eigenvalue weighted by Crippen LogP contribution is -2.48. The summed E-state index contributed by atoms with van der Waals surface area (Å²) in [6, 6.07) is 22.1. The third kappa shape index (κ3) is 3.72. The van der Waals surface area contributed by atoms with Crippen LogP contribution >= 0.6 is 0 Å². The van der Waals surface area contributed by atoms with E-state index in [0.29, 0.717) is 5.56 Å². The maximum Gasteiger partial charge on any atom is 0.333 e. The number of hydrogen-bond donors (Lipinski definition) is 0. The Morgan fingerprint density at radius 2 is 1.84 bits per heavy atom. The second-order valence-corrected chi connectivity index (χ2v) is 7.28. The number of nitrogens with zero attached hydrogens (tertiary/aromatic N) is 2. The summed E-state index contributed by atoms with van der Waals surface area (Å²) in [5, 5.41) is 10.5. The molecule has 0 N–H and O–H groups in total. The summed E-state index contributed by atoms with van der Waals surface area (Å²) in [5.41, 5.74) is 0.977. The van der Waals surface area contributed by atoms with Crippen molar-refractivity contribution in [2.75, 3.05) is 7.11 Å². The van der Waals surface area contributed by atoms with E-state index in [2.05, 4.69) is 6.07 Å². The van der Waals surface area contributed by atoms with Gasteiger partial charge in [0, 0.05) is 18.2 Å². The summed E-state index contributed by atoms with van der Waals surface area (Å²) in [6.45, 7) is 0. The van der Waals surface area contributed by atoms with Crippen molar-refractivity contribution in [3.8, 4) is 6.07 Å². The number of furan rings is 1. The summed E-state index contributed by atoms with van der Waals surface area (Å²) in [7, 11) is 1.29. The van der Waals surface area contributed by atoms with E-state index >= 15 is 0 Å². The van der Waals surface area contributed by atoms with Crippen molar-refractivity contribution in [1.29, 1.82) is 5.26 Å². The van der Waals surface area contributed by atoms with E-state index in [1.54, 1.807) is 42.6 Å². The number of benzene rings is 2. The number of fused-ring (bicyclic) bond motifs is 1. The van der Waals surface area contributed by atoms with Crippen LogP contribution in [0.3, 0.4) is 0 Å². The van der Waals surface area contributed by atoms with Crippen LogP contribution in [0.25, 0.3) is 12.2 Å². The molecule has 0 aliphatic carbocycles. The highest BCUT2D eigenvalue weighted by Crippen LogP contribution is 2.42. The van der Waals surface area contributed by atoms with Crippen LogP contribution in [0.4, 0.5) is 0 Å². The van der Waals surface area contributed by atoms with Gasteiger partial charge in [0.05, 0.1) is 19.4 Å². The second-order valence-electron chi connectivity index (χ2n) is 7.28. The van der Waals surface area contributed by atoms with Gasteiger partial charge in [-0.3, -0.25) is 9.69 Å². The lowest BCUT2D eigenvalue weighted by atomic mass is 9.78. The topological polar surface area (TPSA) is 83.5 Å². The molecule has 158 valence electrons. The summed E-state index contributed by atoms with van der Waals surface area (Å²) in [4.78, 5) is 27.4. The van der Waals surface area contributed by atoms with Crippen molar-refractivity contribution < 1.29 is 18.7 Å². The van der Waals surface area contributed by atoms with E-state index in [-0.39, 0.29) is 17.8 Å². The van der Waals surface area contributed by atoms with Gasteiger partial charge in [-0.2, -0.15) is 5.26 Å². The zero-order chi connectivity index (χ0) is 22.6. The van der Waals surface area contributed by atoms with Gasteiger partial charge in [0.1, 0.15) is 0 Å². The van der Waals surface area contributed by atoms with Crippen LogP contribution < -0.4 is 0 Å². The molecule has 2 aromatic carbocycles. The van der Waals surface area contributed by atoms with Gasteiger partial charge < -0.3 is 9.15 Å². The minimum absolute atomic E-state index is 0.0706. The molecule has 0 saturated carbocycles. The Hall–Kier alpha value is -4.37. The lowest BCUT2D eigenvalue weighted by Gasteiger charge is -2.40. The molecule has 1 atom stereocenters. The zero-order valence-corrected chi connectivity index (χ0v) is 17.4. The van der Waals surface area contributed by atoms with E-state index in [1.807, 2.05) is 42.5 Å². The van der Waals surface area contributed by atoms with Crippen LogP contribution in [-0.4, -0.2) is 23.9 Å². The Kier molecular flexibility index (Phi) is 5.73. The Bertz CT molecular complexity index is 1240. The zero-order valence-electron chi connectivity index (χ0n) is 17.4. The molecule has 32 heavy (non-hydrogen) atoms. The molecule has 3 aromatic rings. The quantitative estimate of drug-likeness (QED) is 0.435. The molecule has 0 radical (unpaired) electrons. The first kappa shape index (κ1) is 20.9. The largest absolute Gasteiger partial charge is 0.466 e. The van der Waals surface area contributed by atoms with Crippen LogP contribution in [0, 0.1) is 11.3 Å². The van der Waals surface area contributed by atoms with Crippen molar-refractivity contribution in [1.82, 2.24) is 4.90 Å². The van der Waals surface area contributed by atoms with E-state index < -0.39 is 17.4 Å². The number of ether oxygens (including phenoxy) is 1. The number of carbonyl (C=O) groups is 2. The van der Waals surface area contributed by atoms with Crippen LogP contribution in [0.5, 0.6) is 0 Å². The maximum absolute atomic E-state index is 13.3. The molecule has 1 aliphatic rings. The first-order valence-electron chi connectivity index (χ1n) is 9.99. The molecule has 4 rings (SSSR count). The number of methoxy groups -OCH3 is 1. The van der Waals surface area contributed by atoms with Crippen molar-refractivity contribution in [2.24, 2.45) is 0 Å². The number of rotatable bonds is 5. The monoisotopic (exact) mass is 424 g/mol. The number of esters is 1. The van der Waals surface area contributed by atoms with Gasteiger partial charge in [-0.05, 0) is 41.0 Å². The van der Waals surface area contributed by atoms with Gasteiger partial charge in [0.15, 0.2) is 11.3 Å². The second kappa shape index (κ2) is 8.78. The van der Waals surface area contributed by atoms with E-state index in [9.17, 15) is 14.9 Å². The first-order valence-corrected chi connectivity index (χ1v) is 9.99. The summed E-state index contributed by atoms with van der Waals surface area (Å²) < 4.78 is 10.3.